The summed E-state index contributed by atoms with van der Waals surface area (Å²) < 4.78 is 12.7. The summed E-state index contributed by atoms with van der Waals surface area (Å²) in [6.07, 6.45) is 1.48. The van der Waals surface area contributed by atoms with E-state index in [0.29, 0.717) is 22.0 Å². The van der Waals surface area contributed by atoms with Crippen molar-refractivity contribution < 1.29 is 4.39 Å². The molecule has 3 N–H and O–H groups in total. The zero-order valence-electron chi connectivity index (χ0n) is 7.09. The minimum absolute atomic E-state index is 0.306. The normalized spacial score (nSPS) is 10.4. The fourth-order valence-corrected chi connectivity index (χ4v) is 1.47. The first-order valence-corrected chi connectivity index (χ1v) is 4.30. The van der Waals surface area contributed by atoms with Gasteiger partial charge in [0.25, 0.3) is 0 Å². The first-order chi connectivity index (χ1) is 6.68. The van der Waals surface area contributed by atoms with Gasteiger partial charge in [0, 0.05) is 5.56 Å². The highest BCUT2D eigenvalue weighted by atomic mass is 35.5. The quantitative estimate of drug-likeness (QED) is 0.761. The summed E-state index contributed by atoms with van der Waals surface area (Å²) in [5.41, 5.74) is 7.37. The van der Waals surface area contributed by atoms with Crippen molar-refractivity contribution >= 4 is 17.3 Å². The number of rotatable bonds is 1. The number of aromatic amines is 1. The van der Waals surface area contributed by atoms with Crippen LogP contribution in [0.3, 0.4) is 0 Å². The molecule has 0 radical (unpaired) electrons. The lowest BCUT2D eigenvalue weighted by Crippen LogP contribution is -1.88. The molecule has 5 heteroatoms. The molecule has 1 aromatic carbocycles. The molecule has 0 saturated heterocycles. The lowest BCUT2D eigenvalue weighted by atomic mass is 10.1. The number of hydrogen-bond donors (Lipinski definition) is 2. The molecule has 72 valence electrons. The van der Waals surface area contributed by atoms with E-state index in [2.05, 4.69) is 10.2 Å². The maximum Gasteiger partial charge on any atom is 0.124 e. The van der Waals surface area contributed by atoms with Crippen LogP contribution >= 0.6 is 11.6 Å². The van der Waals surface area contributed by atoms with Gasteiger partial charge in [-0.2, -0.15) is 5.10 Å². The second-order valence-corrected chi connectivity index (χ2v) is 3.23. The van der Waals surface area contributed by atoms with Crippen LogP contribution in [0.25, 0.3) is 11.3 Å². The maximum absolute atomic E-state index is 12.7. The van der Waals surface area contributed by atoms with Crippen LogP contribution in [0.15, 0.2) is 24.4 Å². The smallest absolute Gasteiger partial charge is 0.124 e. The van der Waals surface area contributed by atoms with Gasteiger partial charge in [-0.25, -0.2) is 4.39 Å². The standard InChI is InChI=1S/C9H7ClFN3/c10-7-3-5(11)1-2-6(7)9-8(12)4-13-14-9/h1-4H,12H2,(H,13,14). The molecule has 0 atom stereocenters. The first-order valence-electron chi connectivity index (χ1n) is 3.93. The Kier molecular flexibility index (Phi) is 2.13. The Bertz CT molecular complexity index is 467. The lowest BCUT2D eigenvalue weighted by Gasteiger charge is -2.02. The van der Waals surface area contributed by atoms with E-state index in [-0.39, 0.29) is 5.82 Å². The number of hydrogen-bond acceptors (Lipinski definition) is 2. The van der Waals surface area contributed by atoms with Gasteiger partial charge >= 0.3 is 0 Å². The van der Waals surface area contributed by atoms with E-state index in [1.807, 2.05) is 0 Å². The number of benzene rings is 1. The molecule has 1 aromatic heterocycles. The molecule has 2 aromatic rings. The second-order valence-electron chi connectivity index (χ2n) is 2.82. The Hall–Kier alpha value is -1.55. The van der Waals surface area contributed by atoms with E-state index >= 15 is 0 Å². The third kappa shape index (κ3) is 1.44. The van der Waals surface area contributed by atoms with Crippen LogP contribution < -0.4 is 5.73 Å². The topological polar surface area (TPSA) is 54.7 Å². The van der Waals surface area contributed by atoms with Gasteiger partial charge < -0.3 is 5.73 Å². The molecular formula is C9H7ClFN3. The molecule has 3 nitrogen and oxygen atoms in total. The van der Waals surface area contributed by atoms with E-state index in [9.17, 15) is 4.39 Å². The van der Waals surface area contributed by atoms with Crippen LogP contribution in [0.1, 0.15) is 0 Å². The van der Waals surface area contributed by atoms with Crippen molar-refractivity contribution in [2.75, 3.05) is 5.73 Å². The van der Waals surface area contributed by atoms with Crippen LogP contribution in [0.5, 0.6) is 0 Å². The number of nitrogens with zero attached hydrogens (tertiary/aromatic N) is 1. The highest BCUT2D eigenvalue weighted by molar-refractivity contribution is 6.33. The Morgan fingerprint density at radius 3 is 2.79 bits per heavy atom. The van der Waals surface area contributed by atoms with Crippen molar-refractivity contribution in [1.82, 2.24) is 10.2 Å². The third-order valence-electron chi connectivity index (χ3n) is 1.87. The van der Waals surface area contributed by atoms with E-state index in [4.69, 9.17) is 17.3 Å². The summed E-state index contributed by atoms with van der Waals surface area (Å²) in [6.45, 7) is 0. The number of nitrogens with one attached hydrogen (secondary N) is 1. The van der Waals surface area contributed by atoms with Crippen molar-refractivity contribution in [3.63, 3.8) is 0 Å². The van der Waals surface area contributed by atoms with Gasteiger partial charge in [-0.05, 0) is 18.2 Å². The molecule has 0 aliphatic heterocycles. The van der Waals surface area contributed by atoms with Crippen molar-refractivity contribution in [3.8, 4) is 11.3 Å². The fraction of sp³-hybridized carbons (Fsp3) is 0. The Morgan fingerprint density at radius 1 is 1.43 bits per heavy atom. The molecule has 1 heterocycles. The maximum atomic E-state index is 12.7. The summed E-state index contributed by atoms with van der Waals surface area (Å²) in [6, 6.07) is 4.11. The predicted octanol–water partition coefficient (Wildman–Crippen LogP) is 2.45. The van der Waals surface area contributed by atoms with E-state index < -0.39 is 0 Å². The Balaban J connectivity index is 2.58. The molecular weight excluding hydrogens is 205 g/mol. The molecule has 2 rings (SSSR count). The summed E-state index contributed by atoms with van der Waals surface area (Å²) in [4.78, 5) is 0. The van der Waals surface area contributed by atoms with Gasteiger partial charge in [-0.1, -0.05) is 11.6 Å². The number of aromatic nitrogens is 2. The van der Waals surface area contributed by atoms with Gasteiger partial charge in [0.1, 0.15) is 5.82 Å². The average molecular weight is 212 g/mol. The van der Waals surface area contributed by atoms with Crippen LogP contribution in [-0.2, 0) is 0 Å². The van der Waals surface area contributed by atoms with Gasteiger partial charge in [-0.3, -0.25) is 5.10 Å². The lowest BCUT2D eigenvalue weighted by molar-refractivity contribution is 0.628. The number of anilines is 1. The third-order valence-corrected chi connectivity index (χ3v) is 2.18. The number of nitrogen functional groups attached to an aromatic ring is 1. The van der Waals surface area contributed by atoms with Crippen LogP contribution in [0, 0.1) is 5.82 Å². The Morgan fingerprint density at radius 2 is 2.21 bits per heavy atom. The monoisotopic (exact) mass is 211 g/mol. The predicted molar refractivity (Wildman–Crippen MR) is 53.4 cm³/mol. The zero-order chi connectivity index (χ0) is 10.1. The van der Waals surface area contributed by atoms with Crippen LogP contribution in [0.2, 0.25) is 5.02 Å². The molecule has 0 unspecified atom stereocenters. The number of nitrogens with two attached hydrogens (primary N) is 1. The highest BCUT2D eigenvalue weighted by Crippen LogP contribution is 2.30. The zero-order valence-corrected chi connectivity index (χ0v) is 7.85. The minimum atomic E-state index is -0.378. The van der Waals surface area contributed by atoms with Crippen LogP contribution in [0.4, 0.5) is 10.1 Å². The summed E-state index contributed by atoms with van der Waals surface area (Å²) in [5, 5.41) is 6.77. The van der Waals surface area contributed by atoms with Gasteiger partial charge in [-0.15, -0.1) is 0 Å². The van der Waals surface area contributed by atoms with Crippen LogP contribution in [-0.4, -0.2) is 10.2 Å². The molecule has 0 aliphatic carbocycles. The van der Waals surface area contributed by atoms with E-state index in [1.54, 1.807) is 6.07 Å². The molecule has 0 amide bonds. The SMILES string of the molecule is Nc1cn[nH]c1-c1ccc(F)cc1Cl. The summed E-state index contributed by atoms with van der Waals surface area (Å²) in [5.74, 6) is -0.378. The fourth-order valence-electron chi connectivity index (χ4n) is 1.20. The molecule has 0 fully saturated rings. The van der Waals surface area contributed by atoms with Crippen molar-refractivity contribution in [1.29, 1.82) is 0 Å². The second kappa shape index (κ2) is 3.31. The first kappa shape index (κ1) is 9.02. The molecule has 0 saturated carbocycles. The largest absolute Gasteiger partial charge is 0.396 e. The average Bonchev–Trinajstić information content (AvgIpc) is 2.52. The number of halogens is 2. The molecule has 0 spiro atoms. The van der Waals surface area contributed by atoms with Gasteiger partial charge in [0.2, 0.25) is 0 Å². The van der Waals surface area contributed by atoms with Gasteiger partial charge in [0.15, 0.2) is 0 Å². The van der Waals surface area contributed by atoms with E-state index in [1.165, 1.54) is 18.3 Å². The van der Waals surface area contributed by atoms with Crippen molar-refractivity contribution in [2.45, 2.75) is 0 Å². The highest BCUT2D eigenvalue weighted by Gasteiger charge is 2.09. The Labute approximate surface area is 84.7 Å². The van der Waals surface area contributed by atoms with Crippen molar-refractivity contribution in [3.05, 3.63) is 35.2 Å². The molecule has 14 heavy (non-hydrogen) atoms. The van der Waals surface area contributed by atoms with Crippen molar-refractivity contribution in [2.24, 2.45) is 0 Å². The van der Waals surface area contributed by atoms with E-state index in [0.717, 1.165) is 0 Å². The van der Waals surface area contributed by atoms with Gasteiger partial charge in [0.05, 0.1) is 22.6 Å². The number of H-pyrrole nitrogens is 1. The minimum Gasteiger partial charge on any atom is -0.396 e. The molecule has 0 bridgehead atoms. The summed E-state index contributed by atoms with van der Waals surface area (Å²) >= 11 is 5.85. The summed E-state index contributed by atoms with van der Waals surface area (Å²) in [7, 11) is 0. The molecule has 0 aliphatic rings.